The molecule has 19 heavy (non-hydrogen) atoms. The van der Waals surface area contributed by atoms with Crippen molar-refractivity contribution in [3.05, 3.63) is 35.1 Å². The molecule has 4 nitrogen and oxygen atoms in total. The third-order valence-electron chi connectivity index (χ3n) is 2.79. The molecule has 1 aromatic carbocycles. The lowest BCUT2D eigenvalue weighted by atomic mass is 10.1. The first-order valence-corrected chi connectivity index (χ1v) is 6.38. The van der Waals surface area contributed by atoms with Crippen LogP contribution in [0.15, 0.2) is 18.2 Å². The Balaban J connectivity index is 2.52. The van der Waals surface area contributed by atoms with Crippen molar-refractivity contribution in [2.45, 2.75) is 26.4 Å². The van der Waals surface area contributed by atoms with Gasteiger partial charge < -0.3 is 15.4 Å². The highest BCUT2D eigenvalue weighted by atomic mass is 19.1. The number of carbonyl (C=O) groups is 1. The maximum Gasteiger partial charge on any atom is 0.307 e. The number of benzene rings is 1. The highest BCUT2D eigenvalue weighted by Gasteiger charge is 2.09. The molecule has 0 spiro atoms. The summed E-state index contributed by atoms with van der Waals surface area (Å²) in [7, 11) is 1.84. The first kappa shape index (κ1) is 15.6. The molecule has 106 valence electrons. The van der Waals surface area contributed by atoms with E-state index in [2.05, 4.69) is 0 Å². The largest absolute Gasteiger partial charge is 0.466 e. The smallest absolute Gasteiger partial charge is 0.307 e. The Labute approximate surface area is 113 Å². The van der Waals surface area contributed by atoms with Crippen LogP contribution in [-0.4, -0.2) is 31.1 Å². The first-order valence-electron chi connectivity index (χ1n) is 6.38. The molecule has 0 aromatic heterocycles. The van der Waals surface area contributed by atoms with Crippen LogP contribution < -0.4 is 5.73 Å². The van der Waals surface area contributed by atoms with Gasteiger partial charge in [-0.3, -0.25) is 4.79 Å². The van der Waals surface area contributed by atoms with Gasteiger partial charge in [-0.15, -0.1) is 0 Å². The molecule has 0 radical (unpaired) electrons. The highest BCUT2D eigenvalue weighted by Crippen LogP contribution is 2.12. The van der Waals surface area contributed by atoms with Gasteiger partial charge in [-0.1, -0.05) is 12.1 Å². The summed E-state index contributed by atoms with van der Waals surface area (Å²) in [6.07, 6.45) is 0.308. The van der Waals surface area contributed by atoms with Crippen LogP contribution in [0.1, 0.15) is 24.5 Å². The molecule has 1 rings (SSSR count). The van der Waals surface area contributed by atoms with Crippen molar-refractivity contribution in [3.8, 4) is 0 Å². The molecule has 0 saturated heterocycles. The number of nitrogens with two attached hydrogens (primary N) is 1. The van der Waals surface area contributed by atoms with Gasteiger partial charge in [0.25, 0.3) is 0 Å². The predicted octanol–water partition coefficient (Wildman–Crippen LogP) is 1.67. The Morgan fingerprint density at radius 3 is 2.84 bits per heavy atom. The van der Waals surface area contributed by atoms with Gasteiger partial charge in [-0.25, -0.2) is 4.39 Å². The van der Waals surface area contributed by atoms with E-state index in [1.807, 2.05) is 11.9 Å². The molecule has 0 saturated carbocycles. The molecule has 0 heterocycles. The zero-order chi connectivity index (χ0) is 14.3. The fourth-order valence-electron chi connectivity index (χ4n) is 1.76. The van der Waals surface area contributed by atoms with Crippen molar-refractivity contribution in [2.24, 2.45) is 5.73 Å². The Morgan fingerprint density at radius 1 is 1.47 bits per heavy atom. The summed E-state index contributed by atoms with van der Waals surface area (Å²) >= 11 is 0. The van der Waals surface area contributed by atoms with Gasteiger partial charge in [-0.2, -0.15) is 0 Å². The van der Waals surface area contributed by atoms with E-state index in [4.69, 9.17) is 10.5 Å². The second-order valence-corrected chi connectivity index (χ2v) is 4.42. The number of rotatable bonds is 7. The molecule has 0 fully saturated rings. The number of halogens is 1. The van der Waals surface area contributed by atoms with Gasteiger partial charge >= 0.3 is 5.97 Å². The fraction of sp³-hybridized carbons (Fsp3) is 0.500. The van der Waals surface area contributed by atoms with E-state index in [0.717, 1.165) is 5.56 Å². The molecule has 2 N–H and O–H groups in total. The SMILES string of the molecule is CCOC(=O)CCN(C)Cc1cc(CN)ccc1F. The zero-order valence-corrected chi connectivity index (χ0v) is 11.5. The minimum atomic E-state index is -0.250. The van der Waals surface area contributed by atoms with Crippen LogP contribution in [0.5, 0.6) is 0 Å². The van der Waals surface area contributed by atoms with E-state index >= 15 is 0 Å². The van der Waals surface area contributed by atoms with Gasteiger partial charge in [0.1, 0.15) is 5.82 Å². The van der Waals surface area contributed by atoms with Crippen molar-refractivity contribution in [3.63, 3.8) is 0 Å². The standard InChI is InChI=1S/C14H21FN2O2/c1-3-19-14(18)6-7-17(2)10-12-8-11(9-16)4-5-13(12)15/h4-5,8H,3,6-7,9-10,16H2,1-2H3. The van der Waals surface area contributed by atoms with Crippen molar-refractivity contribution in [1.82, 2.24) is 4.90 Å². The van der Waals surface area contributed by atoms with Gasteiger partial charge in [0.2, 0.25) is 0 Å². The fourth-order valence-corrected chi connectivity index (χ4v) is 1.76. The molecule has 0 unspecified atom stereocenters. The lowest BCUT2D eigenvalue weighted by Crippen LogP contribution is -2.23. The van der Waals surface area contributed by atoms with E-state index in [1.165, 1.54) is 6.07 Å². The second-order valence-electron chi connectivity index (χ2n) is 4.42. The lowest BCUT2D eigenvalue weighted by molar-refractivity contribution is -0.143. The van der Waals surface area contributed by atoms with E-state index in [1.54, 1.807) is 19.1 Å². The maximum atomic E-state index is 13.6. The summed E-state index contributed by atoms with van der Waals surface area (Å²) in [5.74, 6) is -0.481. The first-order chi connectivity index (χ1) is 9.06. The van der Waals surface area contributed by atoms with E-state index in [9.17, 15) is 9.18 Å². The third-order valence-corrected chi connectivity index (χ3v) is 2.79. The topological polar surface area (TPSA) is 55.6 Å². The van der Waals surface area contributed by atoms with Gasteiger partial charge in [0.05, 0.1) is 13.0 Å². The summed E-state index contributed by atoms with van der Waals surface area (Å²) in [6, 6.07) is 4.87. The Kier molecular flexibility index (Phi) is 6.45. The quantitative estimate of drug-likeness (QED) is 0.764. The monoisotopic (exact) mass is 268 g/mol. The van der Waals surface area contributed by atoms with Crippen LogP contribution in [-0.2, 0) is 22.6 Å². The molecular weight excluding hydrogens is 247 g/mol. The number of hydrogen-bond donors (Lipinski definition) is 1. The molecule has 1 aromatic rings. The average molecular weight is 268 g/mol. The zero-order valence-electron chi connectivity index (χ0n) is 11.5. The van der Waals surface area contributed by atoms with Crippen LogP contribution in [0.4, 0.5) is 4.39 Å². The number of ether oxygens (including phenoxy) is 1. The van der Waals surface area contributed by atoms with Gasteiger partial charge in [0, 0.05) is 25.2 Å². The lowest BCUT2D eigenvalue weighted by Gasteiger charge is -2.17. The Hall–Kier alpha value is -1.46. The summed E-state index contributed by atoms with van der Waals surface area (Å²) in [5.41, 5.74) is 7.02. The summed E-state index contributed by atoms with van der Waals surface area (Å²) < 4.78 is 18.5. The summed E-state index contributed by atoms with van der Waals surface area (Å²) in [6.45, 7) is 3.52. The Bertz CT molecular complexity index is 424. The number of hydrogen-bond acceptors (Lipinski definition) is 4. The molecule has 0 atom stereocenters. The number of esters is 1. The molecule has 0 bridgehead atoms. The second kappa shape index (κ2) is 7.86. The van der Waals surface area contributed by atoms with Crippen LogP contribution in [0, 0.1) is 5.82 Å². The third kappa shape index (κ3) is 5.36. The number of carbonyl (C=O) groups excluding carboxylic acids is 1. The Morgan fingerprint density at radius 2 is 2.21 bits per heavy atom. The summed E-state index contributed by atoms with van der Waals surface area (Å²) in [5, 5.41) is 0. The molecule has 5 heteroatoms. The molecule has 0 amide bonds. The van der Waals surface area contributed by atoms with Crippen LogP contribution in [0.25, 0.3) is 0 Å². The number of nitrogens with zero attached hydrogens (tertiary/aromatic N) is 1. The average Bonchev–Trinajstić information content (AvgIpc) is 2.39. The summed E-state index contributed by atoms with van der Waals surface area (Å²) in [4.78, 5) is 13.1. The van der Waals surface area contributed by atoms with E-state index in [0.29, 0.717) is 38.2 Å². The van der Waals surface area contributed by atoms with Crippen molar-refractivity contribution < 1.29 is 13.9 Å². The van der Waals surface area contributed by atoms with Crippen LogP contribution in [0.2, 0.25) is 0 Å². The van der Waals surface area contributed by atoms with Crippen LogP contribution in [0.3, 0.4) is 0 Å². The van der Waals surface area contributed by atoms with Crippen LogP contribution >= 0.6 is 0 Å². The maximum absolute atomic E-state index is 13.6. The highest BCUT2D eigenvalue weighted by molar-refractivity contribution is 5.69. The van der Waals surface area contributed by atoms with E-state index < -0.39 is 0 Å². The van der Waals surface area contributed by atoms with Crippen molar-refractivity contribution in [2.75, 3.05) is 20.2 Å². The predicted molar refractivity (Wildman–Crippen MR) is 71.9 cm³/mol. The normalized spacial score (nSPS) is 10.8. The van der Waals surface area contributed by atoms with Gasteiger partial charge in [0.15, 0.2) is 0 Å². The molecule has 0 aliphatic carbocycles. The van der Waals surface area contributed by atoms with E-state index in [-0.39, 0.29) is 11.8 Å². The molecule has 0 aliphatic rings. The molecular formula is C14H21FN2O2. The van der Waals surface area contributed by atoms with Crippen molar-refractivity contribution in [1.29, 1.82) is 0 Å². The van der Waals surface area contributed by atoms with Gasteiger partial charge in [-0.05, 0) is 25.6 Å². The minimum absolute atomic E-state index is 0.231. The molecule has 0 aliphatic heterocycles. The minimum Gasteiger partial charge on any atom is -0.466 e. The van der Waals surface area contributed by atoms with Crippen molar-refractivity contribution >= 4 is 5.97 Å².